The van der Waals surface area contributed by atoms with Crippen LogP contribution in [0.1, 0.15) is 52.9 Å². The lowest BCUT2D eigenvalue weighted by atomic mass is 9.54. The van der Waals surface area contributed by atoms with Gasteiger partial charge in [0.15, 0.2) is 11.9 Å². The van der Waals surface area contributed by atoms with Crippen molar-refractivity contribution in [2.75, 3.05) is 14.2 Å². The minimum absolute atomic E-state index is 0.0792. The minimum Gasteiger partial charge on any atom is -0.455 e. The number of fused-ring (bicyclic) bond motifs is 2. The molecule has 5 aliphatic rings. The Bertz CT molecular complexity index is 632. The van der Waals surface area contributed by atoms with E-state index in [1.165, 1.54) is 0 Å². The van der Waals surface area contributed by atoms with E-state index in [1.807, 2.05) is 0 Å². The van der Waals surface area contributed by atoms with E-state index in [4.69, 9.17) is 18.9 Å². The number of ether oxygens (including phenoxy) is 4. The zero-order valence-corrected chi connectivity index (χ0v) is 16.0. The van der Waals surface area contributed by atoms with Crippen molar-refractivity contribution in [1.82, 2.24) is 0 Å². The van der Waals surface area contributed by atoms with Gasteiger partial charge < -0.3 is 18.9 Å². The maximum absolute atomic E-state index is 12.7. The van der Waals surface area contributed by atoms with Crippen molar-refractivity contribution in [3.63, 3.8) is 0 Å². The summed E-state index contributed by atoms with van der Waals surface area (Å²) in [4.78, 5) is 12.7. The molecule has 0 aromatic rings. The fraction of sp³-hybridized carbons (Fsp3) is 0.950. The summed E-state index contributed by atoms with van der Waals surface area (Å²) >= 11 is 0. The molecule has 0 bridgehead atoms. The fourth-order valence-corrected chi connectivity index (χ4v) is 7.74. The molecule has 3 aliphatic carbocycles. The van der Waals surface area contributed by atoms with Crippen molar-refractivity contribution < 1.29 is 23.7 Å². The molecule has 0 unspecified atom stereocenters. The van der Waals surface area contributed by atoms with Crippen LogP contribution in [-0.2, 0) is 23.7 Å². The van der Waals surface area contributed by atoms with Gasteiger partial charge in [0, 0.05) is 20.1 Å². The number of rotatable bonds is 2. The lowest BCUT2D eigenvalue weighted by molar-refractivity contribution is -0.230. The summed E-state index contributed by atoms with van der Waals surface area (Å²) in [7, 11) is 3.45. The van der Waals surface area contributed by atoms with Crippen LogP contribution < -0.4 is 0 Å². The van der Waals surface area contributed by atoms with Gasteiger partial charge in [-0.1, -0.05) is 20.3 Å². The summed E-state index contributed by atoms with van der Waals surface area (Å²) in [5, 5.41) is 0. The van der Waals surface area contributed by atoms with Crippen molar-refractivity contribution in [3.8, 4) is 0 Å². The van der Waals surface area contributed by atoms with Gasteiger partial charge >= 0.3 is 5.97 Å². The zero-order chi connectivity index (χ0) is 17.8. The van der Waals surface area contributed by atoms with Crippen molar-refractivity contribution >= 4 is 5.97 Å². The van der Waals surface area contributed by atoms with Crippen LogP contribution in [0.4, 0.5) is 0 Å². The first kappa shape index (κ1) is 16.5. The third kappa shape index (κ3) is 1.53. The van der Waals surface area contributed by atoms with Crippen molar-refractivity contribution in [3.05, 3.63) is 0 Å². The van der Waals surface area contributed by atoms with Gasteiger partial charge in [-0.25, -0.2) is 0 Å². The quantitative estimate of drug-likeness (QED) is 0.717. The van der Waals surface area contributed by atoms with E-state index in [9.17, 15) is 4.79 Å². The van der Waals surface area contributed by atoms with Crippen LogP contribution in [0, 0.1) is 28.6 Å². The van der Waals surface area contributed by atoms with Gasteiger partial charge in [-0.3, -0.25) is 4.79 Å². The van der Waals surface area contributed by atoms with Crippen molar-refractivity contribution in [1.29, 1.82) is 0 Å². The summed E-state index contributed by atoms with van der Waals surface area (Å²) in [6.45, 7) is 6.88. The predicted molar refractivity (Wildman–Crippen MR) is 89.7 cm³/mol. The highest BCUT2D eigenvalue weighted by molar-refractivity contribution is 5.76. The molecule has 8 atom stereocenters. The molecule has 2 aliphatic heterocycles. The number of carbonyl (C=O) groups excluding carboxylic acids is 1. The molecular formula is C20H30O5. The standard InChI is InChI=1S/C20H30O5/c1-17(2)12-9-13-20-11(15(12)17)7-6-8-18(3,23-5)19(20,10-14(21)25-20)16(22-4)24-13/h11-13,15-16H,6-10H2,1-5H3/t11-,12+,13+,15-,16+,18+,19+,20-/m0/s1. The van der Waals surface area contributed by atoms with E-state index in [-0.39, 0.29) is 12.1 Å². The Morgan fingerprint density at radius 1 is 1.16 bits per heavy atom. The van der Waals surface area contributed by atoms with Crippen LogP contribution >= 0.6 is 0 Å². The molecule has 5 rings (SSSR count). The lowest BCUT2D eigenvalue weighted by Crippen LogP contribution is -2.66. The first-order valence-corrected chi connectivity index (χ1v) is 9.74. The molecule has 0 aromatic carbocycles. The topological polar surface area (TPSA) is 54.0 Å². The smallest absolute Gasteiger partial charge is 0.307 e. The highest BCUT2D eigenvalue weighted by Crippen LogP contribution is 2.79. The first-order chi connectivity index (χ1) is 11.8. The molecule has 0 aromatic heterocycles. The molecule has 0 radical (unpaired) electrons. The van der Waals surface area contributed by atoms with Gasteiger partial charge in [0.2, 0.25) is 0 Å². The first-order valence-electron chi connectivity index (χ1n) is 9.74. The number of methoxy groups -OCH3 is 2. The molecule has 2 saturated heterocycles. The summed E-state index contributed by atoms with van der Waals surface area (Å²) in [5.74, 6) is 1.50. The van der Waals surface area contributed by atoms with E-state index < -0.39 is 22.9 Å². The van der Waals surface area contributed by atoms with Gasteiger partial charge in [0.05, 0.1) is 12.0 Å². The number of hydrogen-bond donors (Lipinski definition) is 0. The second-order valence-corrected chi connectivity index (χ2v) is 9.73. The third-order valence-electron chi connectivity index (χ3n) is 8.94. The van der Waals surface area contributed by atoms with E-state index >= 15 is 0 Å². The van der Waals surface area contributed by atoms with Gasteiger partial charge in [-0.15, -0.1) is 0 Å². The zero-order valence-electron chi connectivity index (χ0n) is 16.0. The fourth-order valence-electron chi connectivity index (χ4n) is 7.74. The Hall–Kier alpha value is -0.650. The predicted octanol–water partition coefficient (Wildman–Crippen LogP) is 2.91. The highest BCUT2D eigenvalue weighted by atomic mass is 16.7. The molecule has 0 N–H and O–H groups in total. The summed E-state index contributed by atoms with van der Waals surface area (Å²) in [5.41, 5.74) is -1.34. The van der Waals surface area contributed by atoms with Gasteiger partial charge in [0.25, 0.3) is 0 Å². The number of carbonyl (C=O) groups is 1. The maximum atomic E-state index is 12.7. The minimum atomic E-state index is -0.596. The van der Waals surface area contributed by atoms with E-state index in [0.29, 0.717) is 29.6 Å². The van der Waals surface area contributed by atoms with Crippen LogP contribution in [0.25, 0.3) is 0 Å². The molecule has 25 heavy (non-hydrogen) atoms. The van der Waals surface area contributed by atoms with Gasteiger partial charge in [0.1, 0.15) is 11.5 Å². The molecule has 3 saturated carbocycles. The monoisotopic (exact) mass is 350 g/mol. The molecule has 5 heteroatoms. The van der Waals surface area contributed by atoms with Crippen LogP contribution in [-0.4, -0.2) is 43.8 Å². The van der Waals surface area contributed by atoms with Crippen LogP contribution in [0.15, 0.2) is 0 Å². The second-order valence-electron chi connectivity index (χ2n) is 9.73. The maximum Gasteiger partial charge on any atom is 0.307 e. The van der Waals surface area contributed by atoms with Gasteiger partial charge in [-0.05, 0) is 43.4 Å². The normalized spacial score (nSPS) is 58.0. The Morgan fingerprint density at radius 3 is 2.60 bits per heavy atom. The average Bonchev–Trinajstić information content (AvgIpc) is 2.86. The lowest BCUT2D eigenvalue weighted by Gasteiger charge is -2.52. The Balaban J connectivity index is 1.75. The Kier molecular flexibility index (Phi) is 3.04. The summed E-state index contributed by atoms with van der Waals surface area (Å²) < 4.78 is 24.8. The molecule has 0 amide bonds. The molecule has 5 fully saturated rings. The third-order valence-corrected chi connectivity index (χ3v) is 8.94. The molecule has 5 nitrogen and oxygen atoms in total. The molecular weight excluding hydrogens is 320 g/mol. The average molecular weight is 350 g/mol. The van der Waals surface area contributed by atoms with Crippen molar-refractivity contribution in [2.45, 2.75) is 76.5 Å². The second kappa shape index (κ2) is 4.60. The Labute approximate surface area is 149 Å². The Morgan fingerprint density at radius 2 is 1.92 bits per heavy atom. The summed E-state index contributed by atoms with van der Waals surface area (Å²) in [6, 6.07) is 0. The SMILES string of the molecule is CO[C@@H]1O[C@@H]2C[C@@H]3[C@H]([C@@H]4CCC[C@@](C)(OC)[C@@]15CC(=O)O[C@]245)C3(C)C. The van der Waals surface area contributed by atoms with Crippen LogP contribution in [0.2, 0.25) is 0 Å². The number of hydrogen-bond acceptors (Lipinski definition) is 5. The molecule has 140 valence electrons. The number of esters is 1. The summed E-state index contributed by atoms with van der Waals surface area (Å²) in [6.07, 6.45) is 3.85. The van der Waals surface area contributed by atoms with Gasteiger partial charge in [-0.2, -0.15) is 0 Å². The van der Waals surface area contributed by atoms with Crippen LogP contribution in [0.3, 0.4) is 0 Å². The molecule has 2 heterocycles. The van der Waals surface area contributed by atoms with Crippen LogP contribution in [0.5, 0.6) is 0 Å². The van der Waals surface area contributed by atoms with E-state index in [0.717, 1.165) is 25.7 Å². The van der Waals surface area contributed by atoms with E-state index in [1.54, 1.807) is 14.2 Å². The van der Waals surface area contributed by atoms with Crippen molar-refractivity contribution in [2.24, 2.45) is 28.6 Å². The molecule has 1 spiro atoms. The highest BCUT2D eigenvalue weighted by Gasteiger charge is 2.87. The van der Waals surface area contributed by atoms with E-state index in [2.05, 4.69) is 20.8 Å². The largest absolute Gasteiger partial charge is 0.455 e.